The van der Waals surface area contributed by atoms with Gasteiger partial charge in [0, 0.05) is 19.0 Å². The van der Waals surface area contributed by atoms with Crippen molar-refractivity contribution in [2.24, 2.45) is 0 Å². The second kappa shape index (κ2) is 4.35. The Hall–Kier alpha value is -0.710. The fourth-order valence-electron chi connectivity index (χ4n) is 1.20. The zero-order valence-corrected chi connectivity index (χ0v) is 6.65. The lowest BCUT2D eigenvalue weighted by atomic mass is 10.2. The Morgan fingerprint density at radius 1 is 1.67 bits per heavy atom. The van der Waals surface area contributed by atoms with Crippen molar-refractivity contribution in [2.45, 2.75) is 25.3 Å². The van der Waals surface area contributed by atoms with Gasteiger partial charge in [0.05, 0.1) is 6.54 Å². The summed E-state index contributed by atoms with van der Waals surface area (Å²) in [5, 5.41) is 5.26. The first-order valence-corrected chi connectivity index (χ1v) is 3.96. The summed E-state index contributed by atoms with van der Waals surface area (Å²) >= 11 is 0. The zero-order valence-electron chi connectivity index (χ0n) is 6.65. The van der Waals surface area contributed by atoms with Crippen LogP contribution in [-0.2, 0) is 4.79 Å². The van der Waals surface area contributed by atoms with E-state index in [9.17, 15) is 13.6 Å². The molecule has 1 aliphatic heterocycles. The summed E-state index contributed by atoms with van der Waals surface area (Å²) in [6.45, 7) is 0.141. The number of hydrogen-bond acceptors (Lipinski definition) is 2. The molecule has 3 nitrogen and oxygen atoms in total. The molecule has 1 unspecified atom stereocenters. The second-order valence-corrected chi connectivity index (χ2v) is 2.85. The van der Waals surface area contributed by atoms with Crippen LogP contribution in [0.1, 0.15) is 12.8 Å². The molecule has 1 aliphatic rings. The third-order valence-corrected chi connectivity index (χ3v) is 1.77. The van der Waals surface area contributed by atoms with E-state index in [0.717, 1.165) is 6.42 Å². The Bertz CT molecular complexity index is 163. The van der Waals surface area contributed by atoms with Crippen LogP contribution in [0.15, 0.2) is 0 Å². The van der Waals surface area contributed by atoms with Gasteiger partial charge >= 0.3 is 0 Å². The number of rotatable bonds is 4. The van der Waals surface area contributed by atoms with Crippen LogP contribution in [0, 0.1) is 0 Å². The fraction of sp³-hybridized carbons (Fsp3) is 0.857. The van der Waals surface area contributed by atoms with E-state index in [1.807, 2.05) is 0 Å². The van der Waals surface area contributed by atoms with Gasteiger partial charge in [-0.3, -0.25) is 4.79 Å². The molecule has 1 fully saturated rings. The van der Waals surface area contributed by atoms with Gasteiger partial charge in [-0.1, -0.05) is 0 Å². The lowest BCUT2D eigenvalue weighted by molar-refractivity contribution is -0.119. The molecule has 1 rings (SSSR count). The highest BCUT2D eigenvalue weighted by Gasteiger charge is 2.20. The number of carbonyl (C=O) groups is 1. The van der Waals surface area contributed by atoms with Gasteiger partial charge in [-0.15, -0.1) is 0 Å². The Morgan fingerprint density at radius 3 is 2.92 bits per heavy atom. The maximum atomic E-state index is 11.6. The summed E-state index contributed by atoms with van der Waals surface area (Å²) in [6.07, 6.45) is -1.06. The third kappa shape index (κ3) is 3.13. The van der Waals surface area contributed by atoms with Crippen LogP contribution in [0.3, 0.4) is 0 Å². The van der Waals surface area contributed by atoms with Crippen LogP contribution in [0.25, 0.3) is 0 Å². The predicted octanol–water partition coefficient (Wildman–Crippen LogP) is 0.120. The molecular weight excluding hydrogens is 166 g/mol. The first-order chi connectivity index (χ1) is 5.68. The largest absolute Gasteiger partial charge is 0.352 e. The highest BCUT2D eigenvalue weighted by atomic mass is 19.3. The van der Waals surface area contributed by atoms with Crippen molar-refractivity contribution in [1.29, 1.82) is 0 Å². The molecule has 1 amide bonds. The van der Waals surface area contributed by atoms with E-state index in [0.29, 0.717) is 13.0 Å². The molecule has 0 saturated carbocycles. The smallest absolute Gasteiger partial charge is 0.250 e. The second-order valence-electron chi connectivity index (χ2n) is 2.85. The number of hydrogen-bond donors (Lipinski definition) is 2. The average Bonchev–Trinajstić information content (AvgIpc) is 2.35. The predicted molar refractivity (Wildman–Crippen MR) is 40.0 cm³/mol. The molecule has 0 aliphatic carbocycles. The lowest BCUT2D eigenvalue weighted by Gasteiger charge is -2.10. The van der Waals surface area contributed by atoms with Gasteiger partial charge in [0.15, 0.2) is 0 Å². The molecule has 5 heteroatoms. The van der Waals surface area contributed by atoms with Gasteiger partial charge < -0.3 is 10.6 Å². The van der Waals surface area contributed by atoms with Crippen LogP contribution in [0.4, 0.5) is 8.78 Å². The van der Waals surface area contributed by atoms with Crippen LogP contribution in [-0.4, -0.2) is 31.5 Å². The molecule has 0 aromatic heterocycles. The summed E-state index contributed by atoms with van der Waals surface area (Å²) in [5.74, 6) is 0.0128. The first kappa shape index (κ1) is 9.38. The Kier molecular flexibility index (Phi) is 3.40. The molecule has 0 bridgehead atoms. The summed E-state index contributed by atoms with van der Waals surface area (Å²) in [4.78, 5) is 10.7. The number of carbonyl (C=O) groups excluding carboxylic acids is 1. The van der Waals surface area contributed by atoms with Gasteiger partial charge in [-0.2, -0.15) is 0 Å². The number of halogens is 2. The third-order valence-electron chi connectivity index (χ3n) is 1.77. The summed E-state index contributed by atoms with van der Waals surface area (Å²) in [7, 11) is 0. The minimum Gasteiger partial charge on any atom is -0.352 e. The Morgan fingerprint density at radius 2 is 2.42 bits per heavy atom. The van der Waals surface area contributed by atoms with E-state index in [4.69, 9.17) is 0 Å². The molecule has 1 saturated heterocycles. The minimum absolute atomic E-state index is 0.0128. The highest BCUT2D eigenvalue weighted by Crippen LogP contribution is 2.04. The topological polar surface area (TPSA) is 41.1 Å². The van der Waals surface area contributed by atoms with Gasteiger partial charge in [-0.05, 0) is 6.42 Å². The summed E-state index contributed by atoms with van der Waals surface area (Å²) < 4.78 is 23.3. The van der Waals surface area contributed by atoms with Crippen LogP contribution < -0.4 is 10.6 Å². The Balaban J connectivity index is 2.04. The molecule has 0 spiro atoms. The fourth-order valence-corrected chi connectivity index (χ4v) is 1.20. The van der Waals surface area contributed by atoms with Crippen LogP contribution >= 0.6 is 0 Å². The van der Waals surface area contributed by atoms with E-state index < -0.39 is 6.43 Å². The quantitative estimate of drug-likeness (QED) is 0.642. The van der Waals surface area contributed by atoms with E-state index >= 15 is 0 Å². The molecular formula is C7H12F2N2O. The SMILES string of the molecule is O=C1CCC(CNCC(F)F)N1. The molecule has 1 atom stereocenters. The zero-order chi connectivity index (χ0) is 8.97. The van der Waals surface area contributed by atoms with Crippen LogP contribution in [0.5, 0.6) is 0 Å². The normalized spacial score (nSPS) is 23.2. The van der Waals surface area contributed by atoms with Crippen molar-refractivity contribution in [2.75, 3.05) is 13.1 Å². The van der Waals surface area contributed by atoms with E-state index in [2.05, 4.69) is 10.6 Å². The van der Waals surface area contributed by atoms with Crippen molar-refractivity contribution in [3.63, 3.8) is 0 Å². The molecule has 12 heavy (non-hydrogen) atoms. The van der Waals surface area contributed by atoms with Crippen molar-refractivity contribution in [1.82, 2.24) is 10.6 Å². The monoisotopic (exact) mass is 178 g/mol. The van der Waals surface area contributed by atoms with Crippen molar-refractivity contribution in [3.8, 4) is 0 Å². The standard InChI is InChI=1S/C7H12F2N2O/c8-6(9)4-10-3-5-1-2-7(12)11-5/h5-6,10H,1-4H2,(H,11,12). The molecule has 1 heterocycles. The molecule has 0 aromatic rings. The van der Waals surface area contributed by atoms with Crippen molar-refractivity contribution >= 4 is 5.91 Å². The maximum Gasteiger partial charge on any atom is 0.250 e. The molecule has 70 valence electrons. The number of alkyl halides is 2. The lowest BCUT2D eigenvalue weighted by Crippen LogP contribution is -2.37. The average molecular weight is 178 g/mol. The summed E-state index contributed by atoms with van der Waals surface area (Å²) in [6, 6.07) is 0.0382. The van der Waals surface area contributed by atoms with Gasteiger partial charge in [0.25, 0.3) is 6.43 Å². The van der Waals surface area contributed by atoms with Gasteiger partial charge in [0.2, 0.25) is 5.91 Å². The van der Waals surface area contributed by atoms with E-state index in [1.165, 1.54) is 0 Å². The van der Waals surface area contributed by atoms with E-state index in [-0.39, 0.29) is 18.5 Å². The van der Waals surface area contributed by atoms with Crippen molar-refractivity contribution in [3.05, 3.63) is 0 Å². The van der Waals surface area contributed by atoms with Crippen molar-refractivity contribution < 1.29 is 13.6 Å². The van der Waals surface area contributed by atoms with Crippen LogP contribution in [0.2, 0.25) is 0 Å². The molecule has 0 radical (unpaired) electrons. The number of amides is 1. The van der Waals surface area contributed by atoms with Gasteiger partial charge in [-0.25, -0.2) is 8.78 Å². The first-order valence-electron chi connectivity index (χ1n) is 3.96. The number of nitrogens with one attached hydrogen (secondary N) is 2. The Labute approximate surface area is 69.5 Å². The summed E-state index contributed by atoms with van der Waals surface area (Å²) in [5.41, 5.74) is 0. The van der Waals surface area contributed by atoms with Gasteiger partial charge in [0.1, 0.15) is 0 Å². The highest BCUT2D eigenvalue weighted by molar-refractivity contribution is 5.78. The molecule has 2 N–H and O–H groups in total. The molecule has 0 aromatic carbocycles. The maximum absolute atomic E-state index is 11.6. The minimum atomic E-state index is -2.32. The van der Waals surface area contributed by atoms with E-state index in [1.54, 1.807) is 0 Å².